The third-order valence-corrected chi connectivity index (χ3v) is 3.67. The van der Waals surface area contributed by atoms with Crippen LogP contribution in [0.5, 0.6) is 0 Å². The summed E-state index contributed by atoms with van der Waals surface area (Å²) in [7, 11) is 0. The molecule has 0 heterocycles. The second-order valence-corrected chi connectivity index (χ2v) is 5.81. The smallest absolute Gasteiger partial charge is 0.234 e. The van der Waals surface area contributed by atoms with Gasteiger partial charge in [-0.05, 0) is 12.3 Å². The van der Waals surface area contributed by atoms with E-state index < -0.39 is 29.0 Å². The first-order chi connectivity index (χ1) is 10.3. The van der Waals surface area contributed by atoms with Crippen molar-refractivity contribution in [3.63, 3.8) is 0 Å². The number of Topliss-reactive ketones (excluding diaryl/α,β-unsaturated/α-hetero) is 2. The molecule has 1 atom stereocenters. The molecule has 0 unspecified atom stereocenters. The van der Waals surface area contributed by atoms with Gasteiger partial charge in [0.2, 0.25) is 18.1 Å². The van der Waals surface area contributed by atoms with Crippen molar-refractivity contribution in [2.75, 3.05) is 6.54 Å². The summed E-state index contributed by atoms with van der Waals surface area (Å²) in [4.78, 5) is 34.9. The lowest BCUT2D eigenvalue weighted by Gasteiger charge is -2.23. The van der Waals surface area contributed by atoms with Crippen molar-refractivity contribution in [1.82, 2.24) is 0 Å². The number of hydrogen-bond acceptors (Lipinski definition) is 5. The van der Waals surface area contributed by atoms with Crippen LogP contribution in [0, 0.1) is 22.0 Å². The normalized spacial score (nSPS) is 16.0. The van der Waals surface area contributed by atoms with Crippen molar-refractivity contribution < 1.29 is 19.6 Å². The summed E-state index contributed by atoms with van der Waals surface area (Å²) in [6.07, 6.45) is 0.349. The van der Waals surface area contributed by atoms with Gasteiger partial charge in [0, 0.05) is 16.1 Å². The monoisotopic (exact) mass is 303 g/mol. The Hall–Kier alpha value is -2.50. The van der Waals surface area contributed by atoms with E-state index in [0.717, 1.165) is 0 Å². The number of hydrogen-bond donors (Lipinski definition) is 1. The third kappa shape index (κ3) is 2.90. The molecule has 0 saturated heterocycles. The molecule has 1 aromatic carbocycles. The predicted octanol–water partition coefficient (Wildman–Crippen LogP) is 2.66. The maximum absolute atomic E-state index is 12.3. The van der Waals surface area contributed by atoms with E-state index in [0.29, 0.717) is 6.42 Å². The summed E-state index contributed by atoms with van der Waals surface area (Å²) < 4.78 is 0. The molecule has 0 spiro atoms. The van der Waals surface area contributed by atoms with Gasteiger partial charge in [0.05, 0.1) is 11.5 Å². The van der Waals surface area contributed by atoms with Gasteiger partial charge in [0.25, 0.3) is 0 Å². The van der Waals surface area contributed by atoms with Crippen molar-refractivity contribution in [2.45, 2.75) is 20.3 Å². The predicted molar refractivity (Wildman–Crippen MR) is 80.1 cm³/mol. The van der Waals surface area contributed by atoms with E-state index in [4.69, 9.17) is 0 Å². The molecule has 1 aromatic rings. The number of aliphatic hydroxyl groups is 1. The molecule has 6 heteroatoms. The van der Waals surface area contributed by atoms with E-state index >= 15 is 0 Å². The second-order valence-electron chi connectivity index (χ2n) is 5.81. The minimum Gasteiger partial charge on any atom is -0.507 e. The average molecular weight is 303 g/mol. The fourth-order valence-corrected chi connectivity index (χ4v) is 2.80. The quantitative estimate of drug-likeness (QED) is 0.512. The number of rotatable bonds is 5. The van der Waals surface area contributed by atoms with Crippen LogP contribution in [-0.4, -0.2) is 28.1 Å². The van der Waals surface area contributed by atoms with Crippen molar-refractivity contribution in [1.29, 1.82) is 0 Å². The minimum atomic E-state index is -0.844. The fourth-order valence-electron chi connectivity index (χ4n) is 2.80. The SMILES string of the molecule is CC(C)C[C@H](C[N+](=O)[O-])C1=C(O)c2ccccc2C(=O)C1=O. The van der Waals surface area contributed by atoms with Crippen LogP contribution in [0.3, 0.4) is 0 Å². The lowest BCUT2D eigenvalue weighted by atomic mass is 9.79. The van der Waals surface area contributed by atoms with Gasteiger partial charge in [-0.15, -0.1) is 0 Å². The number of aliphatic hydroxyl groups excluding tert-OH is 1. The molecule has 0 amide bonds. The van der Waals surface area contributed by atoms with Crippen molar-refractivity contribution in [2.24, 2.45) is 11.8 Å². The summed E-state index contributed by atoms with van der Waals surface area (Å²) in [6.45, 7) is 3.25. The first kappa shape index (κ1) is 15.9. The molecule has 0 saturated carbocycles. The lowest BCUT2D eigenvalue weighted by Crippen LogP contribution is -2.31. The highest BCUT2D eigenvalue weighted by Gasteiger charge is 2.38. The summed E-state index contributed by atoms with van der Waals surface area (Å²) in [5, 5.41) is 21.3. The Bertz CT molecular complexity index is 675. The van der Waals surface area contributed by atoms with E-state index in [2.05, 4.69) is 0 Å². The van der Waals surface area contributed by atoms with Crippen LogP contribution >= 0.6 is 0 Å². The molecule has 0 aromatic heterocycles. The van der Waals surface area contributed by atoms with Gasteiger partial charge >= 0.3 is 0 Å². The molecule has 1 N–H and O–H groups in total. The molecule has 6 nitrogen and oxygen atoms in total. The Morgan fingerprint density at radius 1 is 1.14 bits per heavy atom. The first-order valence-corrected chi connectivity index (χ1v) is 7.06. The maximum atomic E-state index is 12.3. The Labute approximate surface area is 127 Å². The Kier molecular flexibility index (Phi) is 4.40. The molecule has 1 aliphatic rings. The molecule has 0 radical (unpaired) electrons. The standard InChI is InChI=1S/C16H17NO5/c1-9(2)7-10(8-17(21)22)13-14(18)11-5-3-4-6-12(11)15(19)16(13)20/h3-6,9-10,18H,7-8H2,1-2H3/t10-/m1/s1. The van der Waals surface area contributed by atoms with Gasteiger partial charge in [-0.2, -0.15) is 0 Å². The van der Waals surface area contributed by atoms with Gasteiger partial charge in [-0.1, -0.05) is 38.1 Å². The van der Waals surface area contributed by atoms with Gasteiger partial charge in [0.1, 0.15) is 5.76 Å². The maximum Gasteiger partial charge on any atom is 0.234 e. The van der Waals surface area contributed by atoms with Gasteiger partial charge in [0.15, 0.2) is 0 Å². The molecular formula is C16H17NO5. The number of nitro groups is 1. The van der Waals surface area contributed by atoms with Gasteiger partial charge in [-0.25, -0.2) is 0 Å². The summed E-state index contributed by atoms with van der Waals surface area (Å²) >= 11 is 0. The van der Waals surface area contributed by atoms with E-state index in [1.165, 1.54) is 12.1 Å². The number of nitrogens with zero attached hydrogens (tertiary/aromatic N) is 1. The molecule has 0 bridgehead atoms. The van der Waals surface area contributed by atoms with Gasteiger partial charge < -0.3 is 5.11 Å². The third-order valence-electron chi connectivity index (χ3n) is 3.67. The van der Waals surface area contributed by atoms with Gasteiger partial charge in [-0.3, -0.25) is 19.7 Å². The summed E-state index contributed by atoms with van der Waals surface area (Å²) in [6, 6.07) is 6.24. The van der Waals surface area contributed by atoms with Crippen LogP contribution in [0.25, 0.3) is 5.76 Å². The minimum absolute atomic E-state index is 0.0883. The van der Waals surface area contributed by atoms with Crippen molar-refractivity contribution in [3.8, 4) is 0 Å². The van der Waals surface area contributed by atoms with E-state index in [-0.39, 0.29) is 28.4 Å². The zero-order valence-electron chi connectivity index (χ0n) is 12.4. The molecule has 2 rings (SSSR count). The van der Waals surface area contributed by atoms with E-state index in [1.807, 2.05) is 13.8 Å². The van der Waals surface area contributed by atoms with E-state index in [9.17, 15) is 24.8 Å². The van der Waals surface area contributed by atoms with Crippen LogP contribution in [0.15, 0.2) is 29.8 Å². The van der Waals surface area contributed by atoms with Crippen LogP contribution in [-0.2, 0) is 4.79 Å². The largest absolute Gasteiger partial charge is 0.507 e. The number of benzene rings is 1. The molecule has 0 fully saturated rings. The summed E-state index contributed by atoms with van der Waals surface area (Å²) in [5.41, 5.74) is 0.270. The Morgan fingerprint density at radius 3 is 2.27 bits per heavy atom. The fraction of sp³-hybridized carbons (Fsp3) is 0.375. The van der Waals surface area contributed by atoms with Crippen LogP contribution < -0.4 is 0 Å². The zero-order chi connectivity index (χ0) is 16.4. The first-order valence-electron chi connectivity index (χ1n) is 7.06. The highest BCUT2D eigenvalue weighted by Crippen LogP contribution is 2.34. The molecule has 1 aliphatic carbocycles. The number of fused-ring (bicyclic) bond motifs is 1. The molecule has 0 aliphatic heterocycles. The zero-order valence-corrected chi connectivity index (χ0v) is 12.4. The van der Waals surface area contributed by atoms with Crippen molar-refractivity contribution in [3.05, 3.63) is 51.1 Å². The summed E-state index contributed by atoms with van der Waals surface area (Å²) in [5.74, 6) is -2.57. The second kappa shape index (κ2) is 6.09. The number of ketones is 2. The van der Waals surface area contributed by atoms with Crippen molar-refractivity contribution >= 4 is 17.3 Å². The number of carbonyl (C=O) groups excluding carboxylic acids is 2. The average Bonchev–Trinajstić information content (AvgIpc) is 2.44. The highest BCUT2D eigenvalue weighted by molar-refractivity contribution is 6.52. The van der Waals surface area contributed by atoms with Crippen LogP contribution in [0.2, 0.25) is 0 Å². The molecule has 22 heavy (non-hydrogen) atoms. The Morgan fingerprint density at radius 2 is 1.73 bits per heavy atom. The Balaban J connectivity index is 2.57. The molecule has 116 valence electrons. The number of carbonyl (C=O) groups is 2. The van der Waals surface area contributed by atoms with Crippen LogP contribution in [0.4, 0.5) is 0 Å². The highest BCUT2D eigenvalue weighted by atomic mass is 16.6. The lowest BCUT2D eigenvalue weighted by molar-refractivity contribution is -0.486. The van der Waals surface area contributed by atoms with E-state index in [1.54, 1.807) is 12.1 Å². The molecular weight excluding hydrogens is 286 g/mol. The van der Waals surface area contributed by atoms with Crippen LogP contribution in [0.1, 0.15) is 36.2 Å². The topological polar surface area (TPSA) is 97.5 Å².